The summed E-state index contributed by atoms with van der Waals surface area (Å²) in [5, 5.41) is 0. The van der Waals surface area contributed by atoms with Crippen molar-refractivity contribution >= 4 is 0 Å². The number of benzene rings is 1. The predicted molar refractivity (Wildman–Crippen MR) is 59.7 cm³/mol. The first kappa shape index (κ1) is 10.2. The third kappa shape index (κ3) is 1.88. The molecule has 2 rings (SSSR count). The Balaban J connectivity index is 2.67. The van der Waals surface area contributed by atoms with Crippen molar-refractivity contribution in [3.63, 3.8) is 0 Å². The minimum atomic E-state index is -0.534. The van der Waals surface area contributed by atoms with E-state index in [9.17, 15) is 9.59 Å². The molecule has 0 aliphatic rings. The van der Waals surface area contributed by atoms with Crippen molar-refractivity contribution in [1.82, 2.24) is 9.97 Å². The van der Waals surface area contributed by atoms with E-state index in [4.69, 9.17) is 4.74 Å². The SMILES string of the molecule is COc1ccccc1-c1cc(=O)[nH]c(=O)[nH]1. The van der Waals surface area contributed by atoms with E-state index < -0.39 is 11.2 Å². The topological polar surface area (TPSA) is 75.0 Å². The summed E-state index contributed by atoms with van der Waals surface area (Å²) in [6.45, 7) is 0. The van der Waals surface area contributed by atoms with Crippen LogP contribution in [0, 0.1) is 0 Å². The molecule has 0 fully saturated rings. The maximum absolute atomic E-state index is 11.2. The summed E-state index contributed by atoms with van der Waals surface area (Å²) in [7, 11) is 1.53. The van der Waals surface area contributed by atoms with E-state index in [-0.39, 0.29) is 0 Å². The molecule has 0 aliphatic heterocycles. The van der Waals surface area contributed by atoms with Crippen LogP contribution >= 0.6 is 0 Å². The fraction of sp³-hybridized carbons (Fsp3) is 0.0909. The maximum atomic E-state index is 11.2. The van der Waals surface area contributed by atoms with Gasteiger partial charge in [-0.05, 0) is 12.1 Å². The molecule has 1 heterocycles. The molecule has 16 heavy (non-hydrogen) atoms. The number of aromatic amines is 2. The van der Waals surface area contributed by atoms with Gasteiger partial charge in [-0.3, -0.25) is 9.78 Å². The molecule has 1 aromatic heterocycles. The van der Waals surface area contributed by atoms with E-state index in [2.05, 4.69) is 9.97 Å². The molecule has 2 aromatic rings. The lowest BCUT2D eigenvalue weighted by Gasteiger charge is -2.06. The predicted octanol–water partition coefficient (Wildman–Crippen LogP) is 0.739. The highest BCUT2D eigenvalue weighted by atomic mass is 16.5. The number of hydrogen-bond acceptors (Lipinski definition) is 3. The molecular weight excluding hydrogens is 208 g/mol. The van der Waals surface area contributed by atoms with E-state index in [1.54, 1.807) is 18.2 Å². The van der Waals surface area contributed by atoms with Crippen molar-refractivity contribution < 1.29 is 4.74 Å². The van der Waals surface area contributed by atoms with Crippen molar-refractivity contribution in [2.45, 2.75) is 0 Å². The third-order valence-electron chi connectivity index (χ3n) is 2.16. The summed E-state index contributed by atoms with van der Waals surface area (Å²) in [6, 6.07) is 8.46. The molecule has 0 aliphatic carbocycles. The largest absolute Gasteiger partial charge is 0.496 e. The smallest absolute Gasteiger partial charge is 0.326 e. The summed E-state index contributed by atoms with van der Waals surface area (Å²) in [5.74, 6) is 0.601. The van der Waals surface area contributed by atoms with Gasteiger partial charge in [0, 0.05) is 11.6 Å². The third-order valence-corrected chi connectivity index (χ3v) is 2.16. The Labute approximate surface area is 90.7 Å². The average molecular weight is 218 g/mol. The Bertz CT molecular complexity index is 585. The lowest BCUT2D eigenvalue weighted by molar-refractivity contribution is 0.416. The van der Waals surface area contributed by atoms with E-state index in [0.29, 0.717) is 17.0 Å². The number of para-hydroxylation sites is 1. The minimum absolute atomic E-state index is 0.436. The number of ether oxygens (including phenoxy) is 1. The van der Waals surface area contributed by atoms with Gasteiger partial charge >= 0.3 is 5.69 Å². The van der Waals surface area contributed by atoms with Gasteiger partial charge < -0.3 is 9.72 Å². The maximum Gasteiger partial charge on any atom is 0.326 e. The van der Waals surface area contributed by atoms with Crippen molar-refractivity contribution in [2.75, 3.05) is 7.11 Å². The zero-order valence-electron chi connectivity index (χ0n) is 8.61. The monoisotopic (exact) mass is 218 g/mol. The van der Waals surface area contributed by atoms with Gasteiger partial charge in [-0.2, -0.15) is 0 Å². The summed E-state index contributed by atoms with van der Waals surface area (Å²) in [4.78, 5) is 27.0. The molecule has 0 bridgehead atoms. The first-order chi connectivity index (χ1) is 7.70. The van der Waals surface area contributed by atoms with Crippen LogP contribution in [0.1, 0.15) is 0 Å². The highest BCUT2D eigenvalue weighted by molar-refractivity contribution is 5.66. The molecule has 0 saturated carbocycles. The molecule has 82 valence electrons. The summed E-state index contributed by atoms with van der Waals surface area (Å²) >= 11 is 0. The van der Waals surface area contributed by atoms with Crippen LogP contribution in [0.25, 0.3) is 11.3 Å². The first-order valence-electron chi connectivity index (χ1n) is 4.68. The van der Waals surface area contributed by atoms with Crippen molar-refractivity contribution in [3.05, 3.63) is 51.2 Å². The van der Waals surface area contributed by atoms with Crippen LogP contribution in [0.15, 0.2) is 39.9 Å². The zero-order valence-corrected chi connectivity index (χ0v) is 8.61. The number of H-pyrrole nitrogens is 2. The van der Waals surface area contributed by atoms with Gasteiger partial charge in [0.15, 0.2) is 0 Å². The first-order valence-corrected chi connectivity index (χ1v) is 4.68. The molecule has 2 N–H and O–H groups in total. The number of aromatic nitrogens is 2. The van der Waals surface area contributed by atoms with Crippen molar-refractivity contribution in [3.8, 4) is 17.0 Å². The van der Waals surface area contributed by atoms with Crippen LogP contribution in [-0.2, 0) is 0 Å². The lowest BCUT2D eigenvalue weighted by Crippen LogP contribution is -2.21. The van der Waals surface area contributed by atoms with Crippen molar-refractivity contribution in [2.24, 2.45) is 0 Å². The second kappa shape index (κ2) is 4.06. The van der Waals surface area contributed by atoms with Gasteiger partial charge in [-0.1, -0.05) is 12.1 Å². The zero-order chi connectivity index (χ0) is 11.5. The van der Waals surface area contributed by atoms with E-state index >= 15 is 0 Å². The Morgan fingerprint density at radius 1 is 1.12 bits per heavy atom. The highest BCUT2D eigenvalue weighted by Crippen LogP contribution is 2.26. The highest BCUT2D eigenvalue weighted by Gasteiger charge is 2.06. The Morgan fingerprint density at radius 2 is 1.88 bits per heavy atom. The fourth-order valence-electron chi connectivity index (χ4n) is 1.48. The average Bonchev–Trinajstić information content (AvgIpc) is 2.27. The van der Waals surface area contributed by atoms with E-state index in [1.807, 2.05) is 6.07 Å². The van der Waals surface area contributed by atoms with E-state index in [1.165, 1.54) is 13.2 Å². The standard InChI is InChI=1S/C11H10N2O3/c1-16-9-5-3-2-4-7(9)8-6-10(14)13-11(15)12-8/h2-6H,1H3,(H2,12,13,14,15). The molecule has 0 amide bonds. The van der Waals surface area contributed by atoms with Gasteiger partial charge in [0.25, 0.3) is 5.56 Å². The van der Waals surface area contributed by atoms with E-state index in [0.717, 1.165) is 0 Å². The van der Waals surface area contributed by atoms with Crippen LogP contribution < -0.4 is 16.0 Å². The molecule has 0 unspecified atom stereocenters. The molecule has 0 atom stereocenters. The Morgan fingerprint density at radius 3 is 2.56 bits per heavy atom. The lowest BCUT2D eigenvalue weighted by atomic mass is 10.1. The van der Waals surface area contributed by atoms with Crippen LogP contribution in [0.4, 0.5) is 0 Å². The van der Waals surface area contributed by atoms with Gasteiger partial charge in [-0.25, -0.2) is 4.79 Å². The quantitative estimate of drug-likeness (QED) is 0.780. The molecular formula is C11H10N2O3. The molecule has 5 nitrogen and oxygen atoms in total. The molecule has 0 radical (unpaired) electrons. The van der Waals surface area contributed by atoms with Crippen LogP contribution in [0.2, 0.25) is 0 Å². The Kier molecular flexibility index (Phi) is 2.59. The van der Waals surface area contributed by atoms with Gasteiger partial charge in [-0.15, -0.1) is 0 Å². The van der Waals surface area contributed by atoms with Crippen LogP contribution in [0.5, 0.6) is 5.75 Å². The van der Waals surface area contributed by atoms with Gasteiger partial charge in [0.2, 0.25) is 0 Å². The number of nitrogens with one attached hydrogen (secondary N) is 2. The van der Waals surface area contributed by atoms with Gasteiger partial charge in [0.1, 0.15) is 5.75 Å². The Hall–Kier alpha value is -2.30. The second-order valence-electron chi connectivity index (χ2n) is 3.20. The van der Waals surface area contributed by atoms with Crippen LogP contribution in [-0.4, -0.2) is 17.1 Å². The summed E-state index contributed by atoms with van der Waals surface area (Å²) < 4.78 is 5.15. The number of rotatable bonds is 2. The molecule has 5 heteroatoms. The normalized spacial score (nSPS) is 10.1. The molecule has 0 spiro atoms. The van der Waals surface area contributed by atoms with Gasteiger partial charge in [0.05, 0.1) is 12.8 Å². The van der Waals surface area contributed by atoms with Crippen molar-refractivity contribution in [1.29, 1.82) is 0 Å². The number of methoxy groups -OCH3 is 1. The molecule has 1 aromatic carbocycles. The van der Waals surface area contributed by atoms with Crippen LogP contribution in [0.3, 0.4) is 0 Å². The fourth-order valence-corrected chi connectivity index (χ4v) is 1.48. The minimum Gasteiger partial charge on any atom is -0.496 e. The number of hydrogen-bond donors (Lipinski definition) is 2. The summed E-state index contributed by atoms with van der Waals surface area (Å²) in [6.07, 6.45) is 0. The molecule has 0 saturated heterocycles. The second-order valence-corrected chi connectivity index (χ2v) is 3.20. The summed E-state index contributed by atoms with van der Waals surface area (Å²) in [5.41, 5.74) is 0.137.